The maximum Gasteiger partial charge on any atom is 0.150 e. The van der Waals surface area contributed by atoms with Crippen molar-refractivity contribution in [2.45, 2.75) is 19.3 Å². The zero-order chi connectivity index (χ0) is 6.74. The number of rotatable bonds is 0. The van der Waals surface area contributed by atoms with Gasteiger partial charge in [-0.15, -0.1) is 0 Å². The first-order valence-corrected chi connectivity index (χ1v) is 5.05. The highest BCUT2D eigenvalue weighted by Crippen LogP contribution is 2.09. The molecule has 0 aromatic rings. The second-order valence-corrected chi connectivity index (χ2v) is 4.68. The van der Waals surface area contributed by atoms with E-state index in [0.29, 0.717) is 11.5 Å². The third-order valence-corrected chi connectivity index (χ3v) is 3.26. The van der Waals surface area contributed by atoms with E-state index in [9.17, 15) is 8.42 Å². The van der Waals surface area contributed by atoms with Crippen LogP contribution in [-0.2, 0) is 9.84 Å². The van der Waals surface area contributed by atoms with Crippen LogP contribution in [0.15, 0.2) is 0 Å². The lowest BCUT2D eigenvalue weighted by molar-refractivity contribution is 0.596. The normalized spacial score (nSPS) is 27.1. The molecule has 0 atom stereocenters. The van der Waals surface area contributed by atoms with Crippen LogP contribution in [0.4, 0.5) is 0 Å². The monoisotopic (exact) mass is 147 g/mol. The zero-order valence-corrected chi connectivity index (χ0v) is 6.15. The van der Waals surface area contributed by atoms with Crippen molar-refractivity contribution in [3.8, 4) is 0 Å². The molecule has 0 bridgehead atoms. The van der Waals surface area contributed by atoms with Gasteiger partial charge in [0.1, 0.15) is 9.84 Å². The van der Waals surface area contributed by atoms with Gasteiger partial charge in [0, 0.05) is 0 Å². The highest BCUT2D eigenvalue weighted by atomic mass is 32.2. The highest BCUT2D eigenvalue weighted by molar-refractivity contribution is 7.91. The van der Waals surface area contributed by atoms with Crippen LogP contribution >= 0.6 is 0 Å². The fourth-order valence-electron chi connectivity index (χ4n) is 0.957. The van der Waals surface area contributed by atoms with Crippen molar-refractivity contribution in [3.63, 3.8) is 0 Å². The minimum atomic E-state index is -2.65. The predicted octanol–water partition coefficient (Wildman–Crippen LogP) is 0.789. The largest absolute Gasteiger partial charge is 0.229 e. The van der Waals surface area contributed by atoms with Gasteiger partial charge in [0.15, 0.2) is 0 Å². The van der Waals surface area contributed by atoms with Crippen LogP contribution < -0.4 is 0 Å². The molecule has 53 valence electrons. The predicted molar refractivity (Wildman–Crippen MR) is 36.8 cm³/mol. The van der Waals surface area contributed by atoms with E-state index in [1.165, 1.54) is 0 Å². The lowest BCUT2D eigenvalue weighted by atomic mass is 10.2. The number of hydrogen-bond acceptors (Lipinski definition) is 2. The first-order chi connectivity index (χ1) is 4.21. The Morgan fingerprint density at radius 1 is 1.11 bits per heavy atom. The Bertz CT molecular complexity index is 155. The van der Waals surface area contributed by atoms with Crippen molar-refractivity contribution in [2.24, 2.45) is 0 Å². The van der Waals surface area contributed by atoms with Crippen molar-refractivity contribution >= 4 is 9.84 Å². The van der Waals surface area contributed by atoms with Crippen LogP contribution in [0.3, 0.4) is 0 Å². The fraction of sp³-hybridized carbons (Fsp3) is 0.833. The Hall–Kier alpha value is -0.0500. The van der Waals surface area contributed by atoms with Gasteiger partial charge >= 0.3 is 0 Å². The van der Waals surface area contributed by atoms with Crippen LogP contribution in [0.2, 0.25) is 0 Å². The molecule has 1 aliphatic rings. The van der Waals surface area contributed by atoms with Gasteiger partial charge in [0.05, 0.1) is 11.5 Å². The standard InChI is InChI=1S/C6H11O2S/c7-9(8)5-3-1-2-4-6-9/h1H,2-6H2. The molecular formula is C6H11O2S. The number of hydrogen-bond donors (Lipinski definition) is 0. The molecule has 2 nitrogen and oxygen atoms in total. The average molecular weight is 147 g/mol. The molecule has 0 aromatic heterocycles. The average Bonchev–Trinajstić information content (AvgIpc) is 1.92. The van der Waals surface area contributed by atoms with Crippen molar-refractivity contribution in [1.29, 1.82) is 0 Å². The summed E-state index contributed by atoms with van der Waals surface area (Å²) in [6.07, 6.45) is 4.61. The summed E-state index contributed by atoms with van der Waals surface area (Å²) in [4.78, 5) is 0. The van der Waals surface area contributed by atoms with Crippen LogP contribution in [-0.4, -0.2) is 19.9 Å². The van der Waals surface area contributed by atoms with E-state index in [2.05, 4.69) is 6.42 Å². The van der Waals surface area contributed by atoms with Crippen molar-refractivity contribution in [1.82, 2.24) is 0 Å². The van der Waals surface area contributed by atoms with Crippen LogP contribution in [0.25, 0.3) is 0 Å². The summed E-state index contributed by atoms with van der Waals surface area (Å²) in [5, 5.41) is 0. The summed E-state index contributed by atoms with van der Waals surface area (Å²) in [6, 6.07) is 0. The second kappa shape index (κ2) is 2.69. The molecule has 1 aliphatic heterocycles. The van der Waals surface area contributed by atoms with Crippen LogP contribution in [0.5, 0.6) is 0 Å². The molecule has 1 rings (SSSR count). The van der Waals surface area contributed by atoms with Gasteiger partial charge in [-0.05, 0) is 25.7 Å². The van der Waals surface area contributed by atoms with E-state index in [1.807, 2.05) is 0 Å². The molecule has 0 N–H and O–H groups in total. The van der Waals surface area contributed by atoms with Gasteiger partial charge < -0.3 is 0 Å². The minimum Gasteiger partial charge on any atom is -0.229 e. The zero-order valence-electron chi connectivity index (χ0n) is 5.34. The third kappa shape index (κ3) is 2.35. The highest BCUT2D eigenvalue weighted by Gasteiger charge is 2.12. The van der Waals surface area contributed by atoms with Gasteiger partial charge in [-0.2, -0.15) is 0 Å². The van der Waals surface area contributed by atoms with E-state index < -0.39 is 9.84 Å². The Labute approximate surface area is 56.2 Å². The molecule has 0 unspecified atom stereocenters. The van der Waals surface area contributed by atoms with Gasteiger partial charge in [-0.3, -0.25) is 0 Å². The molecule has 0 amide bonds. The van der Waals surface area contributed by atoms with E-state index in [1.54, 1.807) is 0 Å². The van der Waals surface area contributed by atoms with Gasteiger partial charge in [0.2, 0.25) is 0 Å². The SMILES string of the molecule is O=S1(=O)CC[CH]CCC1. The van der Waals surface area contributed by atoms with Crippen molar-refractivity contribution < 1.29 is 8.42 Å². The van der Waals surface area contributed by atoms with Gasteiger partial charge in [0.25, 0.3) is 0 Å². The smallest absolute Gasteiger partial charge is 0.150 e. The van der Waals surface area contributed by atoms with Gasteiger partial charge in [-0.1, -0.05) is 0 Å². The Morgan fingerprint density at radius 2 is 1.89 bits per heavy atom. The molecular weight excluding hydrogens is 136 g/mol. The first-order valence-electron chi connectivity index (χ1n) is 3.23. The lowest BCUT2D eigenvalue weighted by Crippen LogP contribution is -2.07. The van der Waals surface area contributed by atoms with Crippen LogP contribution in [0.1, 0.15) is 19.3 Å². The molecule has 0 saturated carbocycles. The molecule has 0 aromatic carbocycles. The van der Waals surface area contributed by atoms with Gasteiger partial charge in [-0.25, -0.2) is 8.42 Å². The van der Waals surface area contributed by atoms with E-state index in [4.69, 9.17) is 0 Å². The quantitative estimate of drug-likeness (QED) is 0.507. The van der Waals surface area contributed by atoms with E-state index in [0.717, 1.165) is 19.3 Å². The molecule has 9 heavy (non-hydrogen) atoms. The Balaban J connectivity index is 2.56. The summed E-state index contributed by atoms with van der Waals surface area (Å²) >= 11 is 0. The minimum absolute atomic E-state index is 0.368. The van der Waals surface area contributed by atoms with E-state index >= 15 is 0 Å². The third-order valence-electron chi connectivity index (χ3n) is 1.50. The topological polar surface area (TPSA) is 34.1 Å². The van der Waals surface area contributed by atoms with E-state index in [-0.39, 0.29) is 0 Å². The molecule has 1 fully saturated rings. The molecule has 1 saturated heterocycles. The van der Waals surface area contributed by atoms with Crippen LogP contribution in [0, 0.1) is 6.42 Å². The molecule has 3 heteroatoms. The Morgan fingerprint density at radius 3 is 2.67 bits per heavy atom. The fourth-order valence-corrected chi connectivity index (χ4v) is 2.29. The maximum absolute atomic E-state index is 10.9. The number of sulfone groups is 1. The summed E-state index contributed by atoms with van der Waals surface area (Å²) in [6.45, 7) is 0. The second-order valence-electron chi connectivity index (χ2n) is 2.37. The molecule has 0 aliphatic carbocycles. The first kappa shape index (κ1) is 7.06. The summed E-state index contributed by atoms with van der Waals surface area (Å²) in [5.74, 6) is 0.760. The van der Waals surface area contributed by atoms with Crippen molar-refractivity contribution in [3.05, 3.63) is 6.42 Å². The lowest BCUT2D eigenvalue weighted by Gasteiger charge is -1.93. The maximum atomic E-state index is 10.9. The molecule has 0 spiro atoms. The Kier molecular flexibility index (Phi) is 2.11. The summed E-state index contributed by atoms with van der Waals surface area (Å²) in [7, 11) is -2.65. The van der Waals surface area contributed by atoms with Crippen molar-refractivity contribution in [2.75, 3.05) is 11.5 Å². The molecule has 1 radical (unpaired) electrons. The summed E-state index contributed by atoms with van der Waals surface area (Å²) < 4.78 is 21.7. The molecule has 1 heterocycles. The summed E-state index contributed by atoms with van der Waals surface area (Å²) in [5.41, 5.74) is 0.